The summed E-state index contributed by atoms with van der Waals surface area (Å²) in [4.78, 5) is 4.38. The molecular formula is C13H17N3. The Bertz CT molecular complexity index is 411. The summed E-state index contributed by atoms with van der Waals surface area (Å²) < 4.78 is 0. The van der Waals surface area contributed by atoms with Gasteiger partial charge in [-0.05, 0) is 30.4 Å². The number of fused-ring (bicyclic) bond motifs is 1. The fraction of sp³-hybridized carbons (Fsp3) is 0.462. The molecule has 16 heavy (non-hydrogen) atoms. The molecule has 3 heteroatoms. The molecule has 1 atom stereocenters. The lowest BCUT2D eigenvalue weighted by atomic mass is 9.88. The second-order valence-corrected chi connectivity index (χ2v) is 4.51. The van der Waals surface area contributed by atoms with Crippen molar-refractivity contribution in [1.29, 1.82) is 0 Å². The van der Waals surface area contributed by atoms with E-state index in [1.54, 1.807) is 0 Å². The smallest absolute Gasteiger partial charge is 0.191 e. The zero-order chi connectivity index (χ0) is 10.8. The van der Waals surface area contributed by atoms with Crippen LogP contribution in [-0.2, 0) is 12.8 Å². The van der Waals surface area contributed by atoms with E-state index in [4.69, 9.17) is 0 Å². The highest BCUT2D eigenvalue weighted by Crippen LogP contribution is 2.20. The van der Waals surface area contributed by atoms with Crippen LogP contribution < -0.4 is 10.6 Å². The van der Waals surface area contributed by atoms with Gasteiger partial charge in [-0.3, -0.25) is 4.99 Å². The predicted molar refractivity (Wildman–Crippen MR) is 65.7 cm³/mol. The van der Waals surface area contributed by atoms with E-state index in [2.05, 4.69) is 39.9 Å². The van der Waals surface area contributed by atoms with E-state index in [0.717, 1.165) is 25.5 Å². The zero-order valence-electron chi connectivity index (χ0n) is 9.37. The van der Waals surface area contributed by atoms with Gasteiger partial charge in [0.15, 0.2) is 5.96 Å². The lowest BCUT2D eigenvalue weighted by molar-refractivity contribution is 0.524. The van der Waals surface area contributed by atoms with Crippen LogP contribution in [0.25, 0.3) is 0 Å². The van der Waals surface area contributed by atoms with Crippen molar-refractivity contribution in [1.82, 2.24) is 10.6 Å². The normalized spacial score (nSPS) is 23.2. The van der Waals surface area contributed by atoms with Crippen molar-refractivity contribution in [2.24, 2.45) is 4.99 Å². The second kappa shape index (κ2) is 4.16. The molecule has 0 bridgehead atoms. The Balaban J connectivity index is 1.68. The van der Waals surface area contributed by atoms with Crippen LogP contribution in [0.4, 0.5) is 0 Å². The standard InChI is InChI=1S/C13H17N3/c1-2-4-11-9-12(6-5-10(11)3-1)16-13-14-7-8-15-13/h1-4,12H,5-9H2,(H2,14,15,16). The first-order valence-corrected chi connectivity index (χ1v) is 6.03. The van der Waals surface area contributed by atoms with Crippen LogP contribution in [0.1, 0.15) is 17.5 Å². The van der Waals surface area contributed by atoms with Crippen LogP contribution in [0.5, 0.6) is 0 Å². The maximum atomic E-state index is 4.38. The SMILES string of the molecule is c1ccc2c(c1)CCC(NC1=NCCN1)C2. The van der Waals surface area contributed by atoms with Crippen LogP contribution in [0.15, 0.2) is 29.3 Å². The molecule has 0 saturated carbocycles. The van der Waals surface area contributed by atoms with Crippen molar-refractivity contribution < 1.29 is 0 Å². The van der Waals surface area contributed by atoms with Crippen LogP contribution in [0, 0.1) is 0 Å². The van der Waals surface area contributed by atoms with Crippen LogP contribution >= 0.6 is 0 Å². The highest BCUT2D eigenvalue weighted by molar-refractivity contribution is 5.81. The van der Waals surface area contributed by atoms with E-state index in [1.807, 2.05) is 0 Å². The molecule has 84 valence electrons. The van der Waals surface area contributed by atoms with Gasteiger partial charge in [-0.1, -0.05) is 24.3 Å². The Labute approximate surface area is 96.0 Å². The average molecular weight is 215 g/mol. The quantitative estimate of drug-likeness (QED) is 0.736. The fourth-order valence-electron chi connectivity index (χ4n) is 2.51. The molecule has 1 aliphatic carbocycles. The predicted octanol–water partition coefficient (Wildman–Crippen LogP) is 1.09. The molecule has 1 unspecified atom stereocenters. The number of hydrogen-bond donors (Lipinski definition) is 2. The maximum absolute atomic E-state index is 4.38. The van der Waals surface area contributed by atoms with Gasteiger partial charge in [-0.25, -0.2) is 0 Å². The van der Waals surface area contributed by atoms with Gasteiger partial charge in [-0.15, -0.1) is 0 Å². The van der Waals surface area contributed by atoms with Crippen molar-refractivity contribution >= 4 is 5.96 Å². The van der Waals surface area contributed by atoms with Gasteiger partial charge in [0.05, 0.1) is 6.54 Å². The first kappa shape index (κ1) is 9.70. The van der Waals surface area contributed by atoms with Gasteiger partial charge in [0, 0.05) is 12.6 Å². The third-order valence-corrected chi connectivity index (χ3v) is 3.36. The Kier molecular flexibility index (Phi) is 2.52. The molecular weight excluding hydrogens is 198 g/mol. The average Bonchev–Trinajstić information content (AvgIpc) is 2.82. The molecule has 0 radical (unpaired) electrons. The molecule has 0 saturated heterocycles. The van der Waals surface area contributed by atoms with Gasteiger partial charge in [0.1, 0.15) is 0 Å². The minimum absolute atomic E-state index is 0.541. The molecule has 0 amide bonds. The number of hydrogen-bond acceptors (Lipinski definition) is 3. The number of benzene rings is 1. The van der Waals surface area contributed by atoms with E-state index in [1.165, 1.54) is 24.0 Å². The van der Waals surface area contributed by atoms with Gasteiger partial charge >= 0.3 is 0 Å². The largest absolute Gasteiger partial charge is 0.355 e. The topological polar surface area (TPSA) is 36.4 Å². The number of rotatable bonds is 1. The highest BCUT2D eigenvalue weighted by atomic mass is 15.2. The number of aryl methyl sites for hydroxylation is 1. The molecule has 1 aliphatic heterocycles. The molecule has 0 fully saturated rings. The van der Waals surface area contributed by atoms with E-state index < -0.39 is 0 Å². The van der Waals surface area contributed by atoms with Crippen LogP contribution in [0.2, 0.25) is 0 Å². The third-order valence-electron chi connectivity index (χ3n) is 3.36. The van der Waals surface area contributed by atoms with Crippen LogP contribution in [-0.4, -0.2) is 25.1 Å². The molecule has 1 aromatic rings. The van der Waals surface area contributed by atoms with Crippen molar-refractivity contribution in [2.75, 3.05) is 13.1 Å². The van der Waals surface area contributed by atoms with Gasteiger partial charge in [0.25, 0.3) is 0 Å². The molecule has 1 aromatic carbocycles. The summed E-state index contributed by atoms with van der Waals surface area (Å²) in [5, 5.41) is 6.76. The van der Waals surface area contributed by atoms with E-state index in [9.17, 15) is 0 Å². The second-order valence-electron chi connectivity index (χ2n) is 4.51. The highest BCUT2D eigenvalue weighted by Gasteiger charge is 2.19. The van der Waals surface area contributed by atoms with E-state index >= 15 is 0 Å². The Morgan fingerprint density at radius 1 is 1.25 bits per heavy atom. The summed E-state index contributed by atoms with van der Waals surface area (Å²) in [5.74, 6) is 0.990. The number of nitrogens with zero attached hydrogens (tertiary/aromatic N) is 1. The number of nitrogens with one attached hydrogen (secondary N) is 2. The van der Waals surface area contributed by atoms with E-state index in [0.29, 0.717) is 6.04 Å². The first-order chi connectivity index (χ1) is 7.92. The maximum Gasteiger partial charge on any atom is 0.191 e. The summed E-state index contributed by atoms with van der Waals surface area (Å²) in [5.41, 5.74) is 3.01. The summed E-state index contributed by atoms with van der Waals surface area (Å²) in [6.45, 7) is 1.89. The van der Waals surface area contributed by atoms with Gasteiger partial charge in [-0.2, -0.15) is 0 Å². The lowest BCUT2D eigenvalue weighted by Crippen LogP contribution is -2.43. The summed E-state index contributed by atoms with van der Waals surface area (Å²) in [6.07, 6.45) is 3.51. The summed E-state index contributed by atoms with van der Waals surface area (Å²) in [7, 11) is 0. The van der Waals surface area contributed by atoms with Crippen molar-refractivity contribution in [2.45, 2.75) is 25.3 Å². The van der Waals surface area contributed by atoms with Gasteiger partial charge in [0.2, 0.25) is 0 Å². The minimum atomic E-state index is 0.541. The number of guanidine groups is 1. The van der Waals surface area contributed by atoms with Crippen molar-refractivity contribution in [3.8, 4) is 0 Å². The van der Waals surface area contributed by atoms with Crippen LogP contribution in [0.3, 0.4) is 0 Å². The van der Waals surface area contributed by atoms with Crippen molar-refractivity contribution in [3.63, 3.8) is 0 Å². The lowest BCUT2D eigenvalue weighted by Gasteiger charge is -2.26. The Hall–Kier alpha value is -1.51. The molecule has 0 spiro atoms. The fourth-order valence-corrected chi connectivity index (χ4v) is 2.51. The molecule has 1 heterocycles. The van der Waals surface area contributed by atoms with E-state index in [-0.39, 0.29) is 0 Å². The first-order valence-electron chi connectivity index (χ1n) is 6.03. The zero-order valence-corrected chi connectivity index (χ0v) is 9.37. The Morgan fingerprint density at radius 2 is 2.12 bits per heavy atom. The van der Waals surface area contributed by atoms with Crippen molar-refractivity contribution in [3.05, 3.63) is 35.4 Å². The monoisotopic (exact) mass is 215 g/mol. The number of aliphatic imine (C=N–C) groups is 1. The molecule has 3 rings (SSSR count). The molecule has 2 N–H and O–H groups in total. The molecule has 3 nitrogen and oxygen atoms in total. The molecule has 0 aromatic heterocycles. The minimum Gasteiger partial charge on any atom is -0.355 e. The summed E-state index contributed by atoms with van der Waals surface area (Å²) >= 11 is 0. The van der Waals surface area contributed by atoms with Gasteiger partial charge < -0.3 is 10.6 Å². The Morgan fingerprint density at radius 3 is 2.94 bits per heavy atom. The summed E-state index contributed by atoms with van der Waals surface area (Å²) in [6, 6.07) is 9.30. The third kappa shape index (κ3) is 1.90. The molecule has 2 aliphatic rings.